The maximum Gasteiger partial charge on any atom is 0.402 e. The maximum absolute atomic E-state index is 8.78. The zero-order valence-corrected chi connectivity index (χ0v) is 5.11. The first-order valence-corrected chi connectivity index (χ1v) is 2.36. The van der Waals surface area contributed by atoms with E-state index in [-0.39, 0.29) is 0 Å². The summed E-state index contributed by atoms with van der Waals surface area (Å²) in [5.41, 5.74) is 9.14. The third-order valence-corrected chi connectivity index (χ3v) is 0.519. The number of aromatic amines is 1. The highest BCUT2D eigenvalue weighted by molar-refractivity contribution is 5.61. The lowest BCUT2D eigenvalue weighted by atomic mass is 11.0. The van der Waals surface area contributed by atoms with Gasteiger partial charge in [-0.1, -0.05) is 0 Å². The number of H-pyrrole nitrogens is 1. The molecule has 0 fully saturated rings. The Bertz CT molecular complexity index is 179. The number of carboxylic acid groups (broad SMARTS) is 1. The van der Waals surface area contributed by atoms with Crippen LogP contribution in [-0.2, 0) is 0 Å². The predicted molar refractivity (Wildman–Crippen MR) is 35.2 cm³/mol. The lowest BCUT2D eigenvalue weighted by Gasteiger charge is -1.70. The van der Waals surface area contributed by atoms with Gasteiger partial charge in [-0.25, -0.2) is 9.78 Å². The lowest BCUT2D eigenvalue weighted by molar-refractivity contribution is 0.205. The SMILES string of the molecule is NC(=O)O.Nc1ncc[nH]1. The molecule has 0 saturated heterocycles. The molecule has 0 aliphatic rings. The van der Waals surface area contributed by atoms with Gasteiger partial charge >= 0.3 is 6.09 Å². The van der Waals surface area contributed by atoms with Crippen molar-refractivity contribution in [2.45, 2.75) is 0 Å². The second-order valence-corrected chi connectivity index (χ2v) is 1.31. The second-order valence-electron chi connectivity index (χ2n) is 1.31. The number of nitrogens with zero attached hydrogens (tertiary/aromatic N) is 1. The van der Waals surface area contributed by atoms with Gasteiger partial charge in [-0.15, -0.1) is 0 Å². The number of rotatable bonds is 0. The maximum atomic E-state index is 8.78. The molecule has 1 rings (SSSR count). The molecule has 10 heavy (non-hydrogen) atoms. The first-order chi connectivity index (χ1) is 4.63. The van der Waals surface area contributed by atoms with Gasteiger partial charge in [0.05, 0.1) is 0 Å². The van der Waals surface area contributed by atoms with Crippen molar-refractivity contribution >= 4 is 12.0 Å². The highest BCUT2D eigenvalue weighted by Crippen LogP contribution is 1.81. The van der Waals surface area contributed by atoms with Crippen molar-refractivity contribution in [3.8, 4) is 0 Å². The summed E-state index contributed by atoms with van der Waals surface area (Å²) in [5, 5.41) is 7.19. The van der Waals surface area contributed by atoms with E-state index in [0.717, 1.165) is 0 Å². The third-order valence-electron chi connectivity index (χ3n) is 0.519. The van der Waals surface area contributed by atoms with Crippen LogP contribution in [0.3, 0.4) is 0 Å². The first-order valence-electron chi connectivity index (χ1n) is 2.36. The number of hydrogen-bond donors (Lipinski definition) is 4. The van der Waals surface area contributed by atoms with Gasteiger partial charge in [0.25, 0.3) is 0 Å². The van der Waals surface area contributed by atoms with Gasteiger partial charge in [0.15, 0.2) is 5.95 Å². The van der Waals surface area contributed by atoms with Crippen molar-refractivity contribution in [2.75, 3.05) is 5.73 Å². The Balaban J connectivity index is 0.000000180. The fraction of sp³-hybridized carbons (Fsp3) is 0. The molecule has 0 bridgehead atoms. The molecule has 1 aromatic rings. The van der Waals surface area contributed by atoms with Crippen LogP contribution in [0.25, 0.3) is 0 Å². The molecule has 0 aliphatic carbocycles. The number of aromatic nitrogens is 2. The summed E-state index contributed by atoms with van der Waals surface area (Å²) in [6.45, 7) is 0. The Morgan fingerprint density at radius 2 is 2.30 bits per heavy atom. The molecule has 0 spiro atoms. The van der Waals surface area contributed by atoms with Crippen LogP contribution in [0, 0.1) is 0 Å². The molecular formula is C4H8N4O2. The normalized spacial score (nSPS) is 7.60. The third kappa shape index (κ3) is 6.28. The van der Waals surface area contributed by atoms with Crippen molar-refractivity contribution < 1.29 is 9.90 Å². The minimum Gasteiger partial charge on any atom is -0.465 e. The predicted octanol–water partition coefficient (Wildman–Crippen LogP) is -0.385. The summed E-state index contributed by atoms with van der Waals surface area (Å²) < 4.78 is 0. The van der Waals surface area contributed by atoms with Crippen LogP contribution in [0.15, 0.2) is 12.4 Å². The zero-order chi connectivity index (χ0) is 7.98. The summed E-state index contributed by atoms with van der Waals surface area (Å²) in [6, 6.07) is 0. The van der Waals surface area contributed by atoms with Gasteiger partial charge in [-0.3, -0.25) is 0 Å². The number of hydrogen-bond acceptors (Lipinski definition) is 3. The quantitative estimate of drug-likeness (QED) is 0.396. The molecule has 1 heterocycles. The van der Waals surface area contributed by atoms with Crippen LogP contribution in [0.5, 0.6) is 0 Å². The molecule has 0 aromatic carbocycles. The molecule has 56 valence electrons. The average Bonchev–Trinajstić information content (AvgIpc) is 2.15. The number of anilines is 1. The van der Waals surface area contributed by atoms with E-state index < -0.39 is 6.09 Å². The second kappa shape index (κ2) is 4.19. The number of nitrogens with two attached hydrogens (primary N) is 2. The van der Waals surface area contributed by atoms with E-state index >= 15 is 0 Å². The number of imidazole rings is 1. The number of carbonyl (C=O) groups is 1. The van der Waals surface area contributed by atoms with Crippen LogP contribution in [-0.4, -0.2) is 21.2 Å². The largest absolute Gasteiger partial charge is 0.465 e. The summed E-state index contributed by atoms with van der Waals surface area (Å²) in [7, 11) is 0. The molecule has 0 saturated carbocycles. The number of nitrogens with one attached hydrogen (secondary N) is 1. The van der Waals surface area contributed by atoms with Crippen molar-refractivity contribution in [3.05, 3.63) is 12.4 Å². The molecule has 0 radical (unpaired) electrons. The van der Waals surface area contributed by atoms with E-state index in [9.17, 15) is 0 Å². The van der Waals surface area contributed by atoms with E-state index in [1.54, 1.807) is 12.4 Å². The molecule has 6 N–H and O–H groups in total. The van der Waals surface area contributed by atoms with Gasteiger partial charge in [0.2, 0.25) is 0 Å². The fourth-order valence-corrected chi connectivity index (χ4v) is 0.277. The van der Waals surface area contributed by atoms with Crippen LogP contribution < -0.4 is 11.5 Å². The van der Waals surface area contributed by atoms with Gasteiger partial charge in [-0.2, -0.15) is 0 Å². The summed E-state index contributed by atoms with van der Waals surface area (Å²) in [6.07, 6.45) is 1.95. The smallest absolute Gasteiger partial charge is 0.402 e. The monoisotopic (exact) mass is 144 g/mol. The van der Waals surface area contributed by atoms with E-state index in [0.29, 0.717) is 5.95 Å². The van der Waals surface area contributed by atoms with Crippen LogP contribution in [0.1, 0.15) is 0 Å². The molecule has 1 amide bonds. The van der Waals surface area contributed by atoms with Crippen molar-refractivity contribution in [1.82, 2.24) is 9.97 Å². The summed E-state index contributed by atoms with van der Waals surface area (Å²) in [5.74, 6) is 0.468. The minimum atomic E-state index is -1.33. The molecule has 0 aliphatic heterocycles. The van der Waals surface area contributed by atoms with Crippen LogP contribution in [0.4, 0.5) is 10.7 Å². The average molecular weight is 144 g/mol. The Hall–Kier alpha value is -1.72. The van der Waals surface area contributed by atoms with Crippen LogP contribution >= 0.6 is 0 Å². The number of nitrogen functional groups attached to an aromatic ring is 1. The van der Waals surface area contributed by atoms with E-state index in [1.165, 1.54) is 0 Å². The fourth-order valence-electron chi connectivity index (χ4n) is 0.277. The van der Waals surface area contributed by atoms with Gasteiger partial charge in [-0.05, 0) is 0 Å². The Morgan fingerprint density at radius 3 is 2.40 bits per heavy atom. The minimum absolute atomic E-state index is 0.468. The Kier molecular flexibility index (Phi) is 3.47. The highest BCUT2D eigenvalue weighted by Gasteiger charge is 1.74. The first kappa shape index (κ1) is 8.28. The summed E-state index contributed by atoms with van der Waals surface area (Å²) in [4.78, 5) is 15.1. The summed E-state index contributed by atoms with van der Waals surface area (Å²) >= 11 is 0. The van der Waals surface area contributed by atoms with Gasteiger partial charge in [0, 0.05) is 12.4 Å². The van der Waals surface area contributed by atoms with E-state index in [2.05, 4.69) is 15.7 Å². The van der Waals surface area contributed by atoms with Gasteiger partial charge < -0.3 is 21.6 Å². The van der Waals surface area contributed by atoms with Crippen molar-refractivity contribution in [3.63, 3.8) is 0 Å². The number of primary amides is 1. The van der Waals surface area contributed by atoms with Crippen molar-refractivity contribution in [1.29, 1.82) is 0 Å². The van der Waals surface area contributed by atoms with E-state index in [4.69, 9.17) is 15.6 Å². The molecule has 6 nitrogen and oxygen atoms in total. The van der Waals surface area contributed by atoms with E-state index in [1.807, 2.05) is 0 Å². The highest BCUT2D eigenvalue weighted by atomic mass is 16.4. The molecular weight excluding hydrogens is 136 g/mol. The molecule has 1 aromatic heterocycles. The van der Waals surface area contributed by atoms with Gasteiger partial charge in [0.1, 0.15) is 0 Å². The van der Waals surface area contributed by atoms with Crippen molar-refractivity contribution in [2.24, 2.45) is 5.73 Å². The molecule has 0 unspecified atom stereocenters. The zero-order valence-electron chi connectivity index (χ0n) is 5.11. The lowest BCUT2D eigenvalue weighted by Crippen LogP contribution is -2.03. The molecule has 0 atom stereocenters. The van der Waals surface area contributed by atoms with Crippen LogP contribution in [0.2, 0.25) is 0 Å². The Labute approximate surface area is 56.9 Å². The Morgan fingerprint density at radius 1 is 1.80 bits per heavy atom. The standard InChI is InChI=1S/C3H5N3.CH3NO2/c4-3-5-1-2-6-3;2-1(3)4/h1-2H,(H3,4,5,6);2H2,(H,3,4). The number of amides is 1. The molecule has 6 heteroatoms. The topological polar surface area (TPSA) is 118 Å².